The van der Waals surface area contributed by atoms with Crippen molar-refractivity contribution in [1.82, 2.24) is 4.98 Å². The molecule has 0 N–H and O–H groups in total. The zero-order valence-corrected chi connectivity index (χ0v) is 12.6. The van der Waals surface area contributed by atoms with E-state index < -0.39 is 13.3 Å². The Morgan fingerprint density at radius 2 is 2.00 bits per heavy atom. The first-order chi connectivity index (χ1) is 6.91. The van der Waals surface area contributed by atoms with Gasteiger partial charge in [0.05, 0.1) is 0 Å². The molecule has 1 nitrogen and oxygen atoms in total. The molecule has 0 aliphatic heterocycles. The fraction of sp³-hybridized carbons (Fsp3) is 0.500. The molecule has 1 saturated carbocycles. The molecule has 0 amide bonds. The van der Waals surface area contributed by atoms with E-state index in [1.807, 2.05) is 6.92 Å². The van der Waals surface area contributed by atoms with Crippen molar-refractivity contribution in [3.63, 3.8) is 0 Å². The Balaban J connectivity index is 0.00000128. The van der Waals surface area contributed by atoms with Crippen LogP contribution in [0.3, 0.4) is 0 Å². The molecule has 0 spiro atoms. The Morgan fingerprint density at radius 1 is 1.38 bits per heavy atom. The van der Waals surface area contributed by atoms with Crippen LogP contribution in [0, 0.1) is 0 Å². The van der Waals surface area contributed by atoms with Gasteiger partial charge in [-0.15, -0.1) is 0 Å². The van der Waals surface area contributed by atoms with Gasteiger partial charge >= 0.3 is 58.4 Å². The molecule has 0 unspecified atom stereocenters. The molecule has 1 aliphatic carbocycles. The molecule has 16 heavy (non-hydrogen) atoms. The van der Waals surface area contributed by atoms with E-state index in [0.29, 0.717) is 11.3 Å². The summed E-state index contributed by atoms with van der Waals surface area (Å²) in [4.78, 5) is 4.11. The molecule has 82 valence electrons. The Labute approximate surface area is 136 Å². The second-order valence-corrected chi connectivity index (χ2v) is 4.49. The van der Waals surface area contributed by atoms with Crippen molar-refractivity contribution >= 4 is 6.98 Å². The summed E-state index contributed by atoms with van der Waals surface area (Å²) < 4.78 is 37.1. The van der Waals surface area contributed by atoms with Crippen molar-refractivity contribution in [3.8, 4) is 0 Å². The smallest absolute Gasteiger partial charge is 0.449 e. The van der Waals surface area contributed by atoms with Gasteiger partial charge in [-0.1, -0.05) is 24.9 Å². The van der Waals surface area contributed by atoms with Gasteiger partial charge in [0, 0.05) is 17.3 Å². The Hall–Kier alpha value is 0.641. The average molecular weight is 253 g/mol. The van der Waals surface area contributed by atoms with Gasteiger partial charge in [0.1, 0.15) is 0 Å². The summed E-state index contributed by atoms with van der Waals surface area (Å²) in [5.41, 5.74) is 0.895. The summed E-state index contributed by atoms with van der Waals surface area (Å²) in [5, 5.41) is 0. The van der Waals surface area contributed by atoms with Gasteiger partial charge in [0.2, 0.25) is 0 Å². The van der Waals surface area contributed by atoms with E-state index in [-0.39, 0.29) is 56.8 Å². The van der Waals surface area contributed by atoms with Crippen LogP contribution in [0.2, 0.25) is 0 Å². The van der Waals surface area contributed by atoms with Crippen LogP contribution in [0.25, 0.3) is 0 Å². The summed E-state index contributed by atoms with van der Waals surface area (Å²) >= 11 is 0. The first-order valence-electron chi connectivity index (χ1n) is 5.06. The van der Waals surface area contributed by atoms with Crippen LogP contribution in [0.15, 0.2) is 18.3 Å². The summed E-state index contributed by atoms with van der Waals surface area (Å²) in [6.45, 7) is -2.79. The van der Waals surface area contributed by atoms with Crippen LogP contribution in [-0.2, 0) is 11.7 Å². The van der Waals surface area contributed by atoms with Gasteiger partial charge in [-0.3, -0.25) is 4.98 Å². The summed E-state index contributed by atoms with van der Waals surface area (Å²) in [6.07, 6.45) is 2.66. The Kier molecular flexibility index (Phi) is 4.69. The normalized spacial score (nSPS) is 17.8. The first-order valence-corrected chi connectivity index (χ1v) is 5.06. The van der Waals surface area contributed by atoms with Gasteiger partial charge in [0.25, 0.3) is 0 Å². The third-order valence-corrected chi connectivity index (χ3v) is 2.91. The average Bonchev–Trinajstić information content (AvgIpc) is 2.83. The topological polar surface area (TPSA) is 12.9 Å². The first kappa shape index (κ1) is 14.7. The van der Waals surface area contributed by atoms with Crippen LogP contribution in [0.5, 0.6) is 0 Å². The molecule has 0 aromatic carbocycles. The minimum Gasteiger partial charge on any atom is -0.449 e. The van der Waals surface area contributed by atoms with E-state index in [0.717, 1.165) is 12.8 Å². The molecule has 0 bridgehead atoms. The van der Waals surface area contributed by atoms with Crippen molar-refractivity contribution in [1.29, 1.82) is 0 Å². The SMILES string of the molecule is CC1(c2ncccc2C[B-](F)(F)F)CC1.[K+]. The molecule has 0 atom stereocenters. The summed E-state index contributed by atoms with van der Waals surface area (Å²) in [6, 6.07) is 3.12. The Bertz CT molecular complexity index is 377. The maximum atomic E-state index is 12.4. The molecule has 1 aliphatic rings. The van der Waals surface area contributed by atoms with E-state index >= 15 is 0 Å². The van der Waals surface area contributed by atoms with Crippen LogP contribution in [-0.4, -0.2) is 12.0 Å². The molecule has 0 saturated heterocycles. The molecular weight excluding hydrogens is 241 g/mol. The fourth-order valence-electron chi connectivity index (χ4n) is 1.82. The summed E-state index contributed by atoms with van der Waals surface area (Å²) in [7, 11) is 0. The monoisotopic (exact) mass is 253 g/mol. The molecule has 0 radical (unpaired) electrons. The number of pyridine rings is 1. The molecular formula is C10H12BF3KN. The second-order valence-electron chi connectivity index (χ2n) is 4.49. The molecule has 2 rings (SSSR count). The maximum Gasteiger partial charge on any atom is 1.00 e. The van der Waals surface area contributed by atoms with E-state index in [2.05, 4.69) is 4.98 Å². The minimum atomic E-state index is -4.77. The fourth-order valence-corrected chi connectivity index (χ4v) is 1.82. The largest absolute Gasteiger partial charge is 1.00 e. The molecule has 6 heteroatoms. The quantitative estimate of drug-likeness (QED) is 0.694. The van der Waals surface area contributed by atoms with Gasteiger partial charge in [0.15, 0.2) is 0 Å². The standard InChI is InChI=1S/C10H12BF3N.K/c1-10(4-5-10)9-8(3-2-6-15-9)7-11(12,13)14;/h2-3,6H,4-5,7H2,1H3;/q-1;+1. The number of hydrogen-bond donors (Lipinski definition) is 0. The number of nitrogens with zero attached hydrogens (tertiary/aromatic N) is 1. The predicted molar refractivity (Wildman–Crippen MR) is 53.6 cm³/mol. The van der Waals surface area contributed by atoms with E-state index in [9.17, 15) is 12.9 Å². The van der Waals surface area contributed by atoms with Crippen molar-refractivity contribution in [2.24, 2.45) is 0 Å². The number of halogens is 3. The molecule has 1 aromatic heterocycles. The zero-order valence-electron chi connectivity index (χ0n) is 9.51. The molecule has 1 aromatic rings. The van der Waals surface area contributed by atoms with Gasteiger partial charge in [-0.2, -0.15) is 0 Å². The van der Waals surface area contributed by atoms with Crippen molar-refractivity contribution < 1.29 is 64.3 Å². The third kappa shape index (κ3) is 3.57. The maximum absolute atomic E-state index is 12.4. The number of rotatable bonds is 3. The van der Waals surface area contributed by atoms with Crippen LogP contribution < -0.4 is 51.4 Å². The summed E-state index contributed by atoms with van der Waals surface area (Å²) in [5.74, 6) is 0. The van der Waals surface area contributed by atoms with Crippen LogP contribution in [0.4, 0.5) is 12.9 Å². The van der Waals surface area contributed by atoms with E-state index in [1.165, 1.54) is 0 Å². The van der Waals surface area contributed by atoms with E-state index in [4.69, 9.17) is 0 Å². The molecule has 1 heterocycles. The van der Waals surface area contributed by atoms with Gasteiger partial charge < -0.3 is 12.9 Å². The second kappa shape index (κ2) is 5.10. The van der Waals surface area contributed by atoms with Crippen molar-refractivity contribution in [3.05, 3.63) is 29.6 Å². The van der Waals surface area contributed by atoms with Crippen molar-refractivity contribution in [2.75, 3.05) is 0 Å². The minimum absolute atomic E-state index is 0. The van der Waals surface area contributed by atoms with Gasteiger partial charge in [-0.25, -0.2) is 0 Å². The van der Waals surface area contributed by atoms with Crippen molar-refractivity contribution in [2.45, 2.75) is 31.5 Å². The Morgan fingerprint density at radius 3 is 2.50 bits per heavy atom. The molecule has 1 fully saturated rings. The van der Waals surface area contributed by atoms with Crippen LogP contribution >= 0.6 is 0 Å². The van der Waals surface area contributed by atoms with Gasteiger partial charge in [-0.05, 0) is 18.9 Å². The number of hydrogen-bond acceptors (Lipinski definition) is 1. The number of aromatic nitrogens is 1. The van der Waals surface area contributed by atoms with E-state index in [1.54, 1.807) is 18.3 Å². The third-order valence-electron chi connectivity index (χ3n) is 2.91. The zero-order chi connectivity index (χ0) is 11.1. The van der Waals surface area contributed by atoms with Crippen LogP contribution in [0.1, 0.15) is 31.0 Å². The predicted octanol–water partition coefficient (Wildman–Crippen LogP) is 0.0662.